The molecular formula is C9H10BrF2NO. The van der Waals surface area contributed by atoms with Gasteiger partial charge in [0.1, 0.15) is 0 Å². The first kappa shape index (κ1) is 11.5. The van der Waals surface area contributed by atoms with E-state index >= 15 is 0 Å². The standard InChI is InChI=1S/C9H10BrF2NO/c1-5-6(4-14)2-7(9(11)12)8(3-10)13-5/h2,9,14H,3-4H2,1H3. The third-order valence-electron chi connectivity index (χ3n) is 1.96. The Balaban J connectivity index is 3.25. The van der Waals surface area contributed by atoms with Crippen LogP contribution < -0.4 is 0 Å². The smallest absolute Gasteiger partial charge is 0.265 e. The molecule has 0 saturated heterocycles. The summed E-state index contributed by atoms with van der Waals surface area (Å²) < 4.78 is 25.0. The lowest BCUT2D eigenvalue weighted by Crippen LogP contribution is -2.02. The first-order chi connectivity index (χ1) is 6.60. The molecule has 1 aromatic heterocycles. The molecule has 1 aromatic rings. The normalized spacial score (nSPS) is 11.0. The second kappa shape index (κ2) is 4.79. The summed E-state index contributed by atoms with van der Waals surface area (Å²) in [6.07, 6.45) is -2.55. The van der Waals surface area contributed by atoms with Crippen LogP contribution in [-0.2, 0) is 11.9 Å². The molecule has 0 spiro atoms. The van der Waals surface area contributed by atoms with Crippen molar-refractivity contribution in [2.75, 3.05) is 0 Å². The molecule has 1 rings (SSSR count). The van der Waals surface area contributed by atoms with Crippen molar-refractivity contribution in [2.24, 2.45) is 0 Å². The zero-order valence-corrected chi connectivity index (χ0v) is 9.18. The van der Waals surface area contributed by atoms with Crippen molar-refractivity contribution < 1.29 is 13.9 Å². The summed E-state index contributed by atoms with van der Waals surface area (Å²) in [5.41, 5.74) is 1.25. The molecule has 1 N–H and O–H groups in total. The summed E-state index contributed by atoms with van der Waals surface area (Å²) in [6.45, 7) is 1.42. The Morgan fingerprint density at radius 2 is 2.21 bits per heavy atom. The molecule has 0 atom stereocenters. The first-order valence-electron chi connectivity index (χ1n) is 4.04. The van der Waals surface area contributed by atoms with E-state index in [4.69, 9.17) is 5.11 Å². The minimum Gasteiger partial charge on any atom is -0.392 e. The van der Waals surface area contributed by atoms with Crippen LogP contribution in [-0.4, -0.2) is 10.1 Å². The van der Waals surface area contributed by atoms with Crippen molar-refractivity contribution in [3.8, 4) is 0 Å². The second-order valence-corrected chi connectivity index (χ2v) is 3.42. The topological polar surface area (TPSA) is 33.1 Å². The molecule has 0 radical (unpaired) electrons. The third kappa shape index (κ3) is 2.27. The number of nitrogens with zero attached hydrogens (tertiary/aromatic N) is 1. The fourth-order valence-corrected chi connectivity index (χ4v) is 1.62. The van der Waals surface area contributed by atoms with Crippen LogP contribution in [0, 0.1) is 6.92 Å². The van der Waals surface area contributed by atoms with Crippen LogP contribution >= 0.6 is 15.9 Å². The largest absolute Gasteiger partial charge is 0.392 e. The van der Waals surface area contributed by atoms with Crippen LogP contribution in [0.4, 0.5) is 8.78 Å². The molecule has 0 aromatic carbocycles. The first-order valence-corrected chi connectivity index (χ1v) is 5.16. The van der Waals surface area contributed by atoms with Gasteiger partial charge in [0.15, 0.2) is 0 Å². The molecule has 0 unspecified atom stereocenters. The average molecular weight is 266 g/mol. The van der Waals surface area contributed by atoms with Gasteiger partial charge in [-0.1, -0.05) is 15.9 Å². The minimum absolute atomic E-state index is 0.114. The number of aliphatic hydroxyl groups excluding tert-OH is 1. The molecule has 0 fully saturated rings. The zero-order valence-electron chi connectivity index (χ0n) is 7.60. The van der Waals surface area contributed by atoms with Gasteiger partial charge in [0, 0.05) is 16.6 Å². The Kier molecular flexibility index (Phi) is 3.95. The number of halogens is 3. The van der Waals surface area contributed by atoms with E-state index in [1.165, 1.54) is 6.07 Å². The van der Waals surface area contributed by atoms with Crippen LogP contribution in [0.15, 0.2) is 6.07 Å². The summed E-state index contributed by atoms with van der Waals surface area (Å²) in [4.78, 5) is 4.00. The zero-order chi connectivity index (χ0) is 10.7. The number of aryl methyl sites for hydroxylation is 1. The van der Waals surface area contributed by atoms with Gasteiger partial charge in [-0.05, 0) is 18.6 Å². The highest BCUT2D eigenvalue weighted by atomic mass is 79.9. The van der Waals surface area contributed by atoms with E-state index < -0.39 is 6.43 Å². The Morgan fingerprint density at radius 3 is 2.64 bits per heavy atom. The lowest BCUT2D eigenvalue weighted by molar-refractivity contribution is 0.149. The fraction of sp³-hybridized carbons (Fsp3) is 0.444. The van der Waals surface area contributed by atoms with Gasteiger partial charge in [0.05, 0.1) is 12.3 Å². The van der Waals surface area contributed by atoms with E-state index in [-0.39, 0.29) is 12.2 Å². The van der Waals surface area contributed by atoms with E-state index in [1.807, 2.05) is 0 Å². The molecule has 5 heteroatoms. The third-order valence-corrected chi connectivity index (χ3v) is 2.49. The molecule has 1 heterocycles. The predicted molar refractivity (Wildman–Crippen MR) is 52.5 cm³/mol. The van der Waals surface area contributed by atoms with E-state index in [0.29, 0.717) is 22.3 Å². The lowest BCUT2D eigenvalue weighted by Gasteiger charge is -2.09. The van der Waals surface area contributed by atoms with Crippen molar-refractivity contribution in [2.45, 2.75) is 25.3 Å². The van der Waals surface area contributed by atoms with Crippen molar-refractivity contribution in [1.82, 2.24) is 4.98 Å². The van der Waals surface area contributed by atoms with Gasteiger partial charge >= 0.3 is 0 Å². The SMILES string of the molecule is Cc1nc(CBr)c(C(F)F)cc1CO. The molecule has 0 aliphatic carbocycles. The Bertz CT molecular complexity index is 331. The van der Waals surface area contributed by atoms with Gasteiger partial charge in [-0.2, -0.15) is 0 Å². The molecule has 2 nitrogen and oxygen atoms in total. The van der Waals surface area contributed by atoms with Crippen LogP contribution in [0.2, 0.25) is 0 Å². The number of hydrogen-bond donors (Lipinski definition) is 1. The van der Waals surface area contributed by atoms with E-state index in [2.05, 4.69) is 20.9 Å². The van der Waals surface area contributed by atoms with Crippen LogP contribution in [0.5, 0.6) is 0 Å². The number of aliphatic hydroxyl groups is 1. The Labute approximate surface area is 89.1 Å². The molecule has 0 aliphatic rings. The molecule has 0 bridgehead atoms. The monoisotopic (exact) mass is 265 g/mol. The number of pyridine rings is 1. The Morgan fingerprint density at radius 1 is 1.57 bits per heavy atom. The molecule has 0 saturated carbocycles. The molecule has 14 heavy (non-hydrogen) atoms. The summed E-state index contributed by atoms with van der Waals surface area (Å²) in [5.74, 6) is 0. The van der Waals surface area contributed by atoms with Crippen molar-refractivity contribution in [1.29, 1.82) is 0 Å². The van der Waals surface area contributed by atoms with E-state index in [9.17, 15) is 8.78 Å². The maximum atomic E-state index is 12.5. The van der Waals surface area contributed by atoms with Crippen LogP contribution in [0.25, 0.3) is 0 Å². The lowest BCUT2D eigenvalue weighted by atomic mass is 10.1. The van der Waals surface area contributed by atoms with Gasteiger partial charge < -0.3 is 5.11 Å². The van der Waals surface area contributed by atoms with Gasteiger partial charge in [0.25, 0.3) is 6.43 Å². The average Bonchev–Trinajstić information content (AvgIpc) is 2.16. The second-order valence-electron chi connectivity index (χ2n) is 2.86. The van der Waals surface area contributed by atoms with Crippen molar-refractivity contribution in [3.05, 3.63) is 28.6 Å². The van der Waals surface area contributed by atoms with Crippen LogP contribution in [0.1, 0.15) is 28.9 Å². The highest BCUT2D eigenvalue weighted by molar-refractivity contribution is 9.08. The van der Waals surface area contributed by atoms with Crippen molar-refractivity contribution in [3.63, 3.8) is 0 Å². The quantitative estimate of drug-likeness (QED) is 0.853. The Hall–Kier alpha value is -0.550. The molecular weight excluding hydrogens is 256 g/mol. The summed E-state index contributed by atoms with van der Waals surface area (Å²) in [7, 11) is 0. The number of aromatic nitrogens is 1. The molecule has 0 amide bonds. The van der Waals surface area contributed by atoms with E-state index in [0.717, 1.165) is 0 Å². The van der Waals surface area contributed by atoms with Gasteiger partial charge in [-0.25, -0.2) is 8.78 Å². The number of alkyl halides is 3. The van der Waals surface area contributed by atoms with Gasteiger partial charge in [-0.15, -0.1) is 0 Å². The summed E-state index contributed by atoms with van der Waals surface area (Å²) in [6, 6.07) is 1.31. The number of rotatable bonds is 3. The maximum absolute atomic E-state index is 12.5. The summed E-state index contributed by atoms with van der Waals surface area (Å²) >= 11 is 3.10. The van der Waals surface area contributed by atoms with Gasteiger partial charge in [0.2, 0.25) is 0 Å². The van der Waals surface area contributed by atoms with E-state index in [1.54, 1.807) is 6.92 Å². The van der Waals surface area contributed by atoms with Crippen molar-refractivity contribution >= 4 is 15.9 Å². The fourth-order valence-electron chi connectivity index (χ4n) is 1.17. The highest BCUT2D eigenvalue weighted by Crippen LogP contribution is 2.25. The maximum Gasteiger partial charge on any atom is 0.265 e. The highest BCUT2D eigenvalue weighted by Gasteiger charge is 2.15. The number of hydrogen-bond acceptors (Lipinski definition) is 2. The molecule has 78 valence electrons. The van der Waals surface area contributed by atoms with Crippen LogP contribution in [0.3, 0.4) is 0 Å². The van der Waals surface area contributed by atoms with Gasteiger partial charge in [-0.3, -0.25) is 4.98 Å². The molecule has 0 aliphatic heterocycles. The predicted octanol–water partition coefficient (Wildman–Crippen LogP) is 2.71. The summed E-state index contributed by atoms with van der Waals surface area (Å²) in [5, 5.41) is 9.18. The minimum atomic E-state index is -2.55.